The van der Waals surface area contributed by atoms with Crippen molar-refractivity contribution >= 4 is 50.4 Å². The Morgan fingerprint density at radius 2 is 2.13 bits per heavy atom. The fraction of sp³-hybridized carbons (Fsp3) is 0.261. The number of furan rings is 1. The molecule has 1 N–H and O–H groups in total. The summed E-state index contributed by atoms with van der Waals surface area (Å²) < 4.78 is 11.1. The molecule has 1 aliphatic rings. The Hall–Kier alpha value is -2.71. The lowest BCUT2D eigenvalue weighted by Gasteiger charge is -2.12. The first-order valence-corrected chi connectivity index (χ1v) is 11.6. The summed E-state index contributed by atoms with van der Waals surface area (Å²) in [5, 5.41) is 3.67. The van der Waals surface area contributed by atoms with Crippen LogP contribution in [0.4, 0.5) is 5.00 Å². The van der Waals surface area contributed by atoms with Crippen molar-refractivity contribution in [3.05, 3.63) is 68.4 Å². The Balaban J connectivity index is 1.59. The first kappa shape index (κ1) is 21.5. The van der Waals surface area contributed by atoms with Crippen LogP contribution in [0.25, 0.3) is 0 Å². The average Bonchev–Trinajstić information content (AvgIpc) is 3.39. The highest BCUT2D eigenvalue weighted by Gasteiger charge is 2.25. The fourth-order valence-corrected chi connectivity index (χ4v) is 5.22. The molecule has 0 aliphatic heterocycles. The predicted octanol–water partition coefficient (Wildman–Crippen LogP) is 5.59. The number of nitrogens with zero attached hydrogens (tertiary/aromatic N) is 1. The second-order valence-corrected chi connectivity index (χ2v) is 9.13. The molecule has 160 valence electrons. The Morgan fingerprint density at radius 1 is 1.29 bits per heavy atom. The number of rotatable bonds is 6. The van der Waals surface area contributed by atoms with Crippen LogP contribution in [0.1, 0.15) is 51.9 Å². The van der Waals surface area contributed by atoms with Crippen molar-refractivity contribution in [2.75, 3.05) is 0 Å². The summed E-state index contributed by atoms with van der Waals surface area (Å²) in [6, 6.07) is 8.99. The summed E-state index contributed by atoms with van der Waals surface area (Å²) in [5.41, 5.74) is 2.61. The molecule has 0 fully saturated rings. The molecule has 3 aromatic rings. The minimum absolute atomic E-state index is 0.130. The minimum Gasteiger partial charge on any atom is -0.467 e. The quantitative estimate of drug-likeness (QED) is 0.271. The van der Waals surface area contributed by atoms with Gasteiger partial charge in [-0.25, -0.2) is 4.99 Å². The van der Waals surface area contributed by atoms with E-state index in [2.05, 4.69) is 26.2 Å². The van der Waals surface area contributed by atoms with Crippen LogP contribution in [-0.4, -0.2) is 18.1 Å². The number of ether oxygens (including phenoxy) is 1. The Bertz CT molecular complexity index is 1130. The molecule has 4 rings (SSSR count). The van der Waals surface area contributed by atoms with Gasteiger partial charge < -0.3 is 14.5 Å². The maximum Gasteiger partial charge on any atom is 0.308 e. The SMILES string of the molecule is CC(=O)Oc1ccc(C=Nc2sc3c(c2C(=O)NCc2ccco2)CCCC3)cc1Br. The molecule has 1 aromatic carbocycles. The second-order valence-electron chi connectivity index (χ2n) is 7.19. The van der Waals surface area contributed by atoms with Gasteiger partial charge in [-0.05, 0) is 83.1 Å². The largest absolute Gasteiger partial charge is 0.467 e. The summed E-state index contributed by atoms with van der Waals surface area (Å²) in [4.78, 5) is 30.1. The number of thiophene rings is 1. The molecule has 0 saturated carbocycles. The van der Waals surface area contributed by atoms with Crippen molar-refractivity contribution in [1.82, 2.24) is 5.32 Å². The third kappa shape index (κ3) is 5.14. The minimum atomic E-state index is -0.378. The van der Waals surface area contributed by atoms with Gasteiger partial charge in [0, 0.05) is 18.0 Å². The van der Waals surface area contributed by atoms with Gasteiger partial charge >= 0.3 is 5.97 Å². The molecule has 0 atom stereocenters. The molecule has 8 heteroatoms. The zero-order valence-electron chi connectivity index (χ0n) is 16.9. The third-order valence-corrected chi connectivity index (χ3v) is 6.74. The lowest BCUT2D eigenvalue weighted by atomic mass is 9.95. The monoisotopic (exact) mass is 500 g/mol. The van der Waals surface area contributed by atoms with E-state index in [-0.39, 0.29) is 11.9 Å². The molecule has 0 bridgehead atoms. The van der Waals surface area contributed by atoms with E-state index in [0.717, 1.165) is 36.8 Å². The van der Waals surface area contributed by atoms with Gasteiger partial charge in [-0.15, -0.1) is 11.3 Å². The van der Waals surface area contributed by atoms with Crippen LogP contribution in [0, 0.1) is 0 Å². The van der Waals surface area contributed by atoms with Crippen molar-refractivity contribution in [1.29, 1.82) is 0 Å². The van der Waals surface area contributed by atoms with Crippen LogP contribution >= 0.6 is 27.3 Å². The van der Waals surface area contributed by atoms with Crippen LogP contribution in [0.3, 0.4) is 0 Å². The van der Waals surface area contributed by atoms with Crippen molar-refractivity contribution in [2.24, 2.45) is 4.99 Å². The summed E-state index contributed by atoms with van der Waals surface area (Å²) >= 11 is 5.00. The van der Waals surface area contributed by atoms with Gasteiger partial charge in [0.05, 0.1) is 22.8 Å². The summed E-state index contributed by atoms with van der Waals surface area (Å²) in [5.74, 6) is 0.653. The van der Waals surface area contributed by atoms with Gasteiger partial charge in [-0.1, -0.05) is 0 Å². The number of fused-ring (bicyclic) bond motifs is 1. The number of halogens is 1. The molecule has 6 nitrogen and oxygen atoms in total. The van der Waals surface area contributed by atoms with Crippen molar-refractivity contribution in [3.63, 3.8) is 0 Å². The average molecular weight is 501 g/mol. The van der Waals surface area contributed by atoms with Crippen LogP contribution in [-0.2, 0) is 24.2 Å². The topological polar surface area (TPSA) is 80.9 Å². The highest BCUT2D eigenvalue weighted by Crippen LogP contribution is 2.40. The molecule has 2 aromatic heterocycles. The Labute approximate surface area is 192 Å². The van der Waals surface area contributed by atoms with Crippen LogP contribution < -0.4 is 10.1 Å². The van der Waals surface area contributed by atoms with E-state index >= 15 is 0 Å². The summed E-state index contributed by atoms with van der Waals surface area (Å²) in [6.07, 6.45) is 7.41. The number of amides is 1. The normalized spacial score (nSPS) is 13.2. The maximum absolute atomic E-state index is 13.0. The van der Waals surface area contributed by atoms with E-state index in [4.69, 9.17) is 9.15 Å². The zero-order valence-corrected chi connectivity index (χ0v) is 19.3. The van der Waals surface area contributed by atoms with E-state index in [1.165, 1.54) is 11.8 Å². The Morgan fingerprint density at radius 3 is 2.87 bits per heavy atom. The first-order chi connectivity index (χ1) is 15.0. The van der Waals surface area contributed by atoms with E-state index in [0.29, 0.717) is 33.1 Å². The number of hydrogen-bond donors (Lipinski definition) is 1. The predicted molar refractivity (Wildman–Crippen MR) is 124 cm³/mol. The van der Waals surface area contributed by atoms with Crippen molar-refractivity contribution in [2.45, 2.75) is 39.2 Å². The molecule has 1 aliphatic carbocycles. The number of esters is 1. The number of aliphatic imine (C=N–C) groups is 1. The summed E-state index contributed by atoms with van der Waals surface area (Å²) in [6.45, 7) is 1.70. The third-order valence-electron chi connectivity index (χ3n) is 4.92. The van der Waals surface area contributed by atoms with Gasteiger partial charge in [-0.2, -0.15) is 0 Å². The molecular weight excluding hydrogens is 480 g/mol. The van der Waals surface area contributed by atoms with E-state index in [9.17, 15) is 9.59 Å². The van der Waals surface area contributed by atoms with E-state index in [1.807, 2.05) is 18.2 Å². The van der Waals surface area contributed by atoms with Crippen molar-refractivity contribution in [3.8, 4) is 5.75 Å². The van der Waals surface area contributed by atoms with Crippen molar-refractivity contribution < 1.29 is 18.7 Å². The first-order valence-electron chi connectivity index (χ1n) is 9.98. The molecule has 1 amide bonds. The van der Waals surface area contributed by atoms with E-state index in [1.54, 1.807) is 35.9 Å². The van der Waals surface area contributed by atoms with E-state index < -0.39 is 0 Å². The highest BCUT2D eigenvalue weighted by molar-refractivity contribution is 9.10. The van der Waals surface area contributed by atoms with Gasteiger partial charge in [0.1, 0.15) is 16.5 Å². The van der Waals surface area contributed by atoms with Gasteiger partial charge in [-0.3, -0.25) is 9.59 Å². The lowest BCUT2D eigenvalue weighted by molar-refractivity contribution is -0.131. The number of carbonyl (C=O) groups is 2. The number of nitrogens with one attached hydrogen (secondary N) is 1. The lowest BCUT2D eigenvalue weighted by Crippen LogP contribution is -2.23. The molecule has 2 heterocycles. The number of hydrogen-bond acceptors (Lipinski definition) is 6. The summed E-state index contributed by atoms with van der Waals surface area (Å²) in [7, 11) is 0. The molecule has 0 unspecified atom stereocenters. The van der Waals surface area contributed by atoms with Crippen LogP contribution in [0.15, 0.2) is 50.5 Å². The molecule has 0 spiro atoms. The standard InChI is InChI=1S/C23H21BrN2O4S/c1-14(27)30-19-9-8-15(11-18(19)24)12-26-23-21(17-6-2-3-7-20(17)31-23)22(28)25-13-16-5-4-10-29-16/h4-5,8-12H,2-3,6-7,13H2,1H3,(H,25,28). The zero-order chi connectivity index (χ0) is 21.8. The van der Waals surface area contributed by atoms with Crippen LogP contribution in [0.5, 0.6) is 5.75 Å². The fourth-order valence-electron chi connectivity index (χ4n) is 3.51. The smallest absolute Gasteiger partial charge is 0.308 e. The molecule has 0 radical (unpaired) electrons. The van der Waals surface area contributed by atoms with Gasteiger partial charge in [0.25, 0.3) is 5.91 Å². The number of carbonyl (C=O) groups excluding carboxylic acids is 2. The van der Waals surface area contributed by atoms with Gasteiger partial charge in [0.2, 0.25) is 0 Å². The van der Waals surface area contributed by atoms with Crippen LogP contribution in [0.2, 0.25) is 0 Å². The molecule has 31 heavy (non-hydrogen) atoms. The second kappa shape index (κ2) is 9.62. The molecular formula is C23H21BrN2O4S. The number of benzene rings is 1. The highest BCUT2D eigenvalue weighted by atomic mass is 79.9. The number of aryl methyl sites for hydroxylation is 1. The Kier molecular flexibility index (Phi) is 6.67. The molecule has 0 saturated heterocycles. The van der Waals surface area contributed by atoms with Gasteiger partial charge in [0.15, 0.2) is 0 Å². The maximum atomic E-state index is 13.0.